The number of carbonyl (C=O) groups excluding carboxylic acids is 2. The predicted octanol–water partition coefficient (Wildman–Crippen LogP) is 0.850. The lowest BCUT2D eigenvalue weighted by atomic mass is 10.1. The van der Waals surface area contributed by atoms with E-state index in [4.69, 9.17) is 0 Å². The van der Waals surface area contributed by atoms with Crippen LogP contribution in [0.1, 0.15) is 12.5 Å². The minimum atomic E-state index is -0.239. The zero-order chi connectivity index (χ0) is 16.1. The molecule has 5 heteroatoms. The van der Waals surface area contributed by atoms with Crippen LogP contribution in [-0.4, -0.2) is 72.8 Å². The van der Waals surface area contributed by atoms with Gasteiger partial charge >= 0.3 is 0 Å². The number of hydrogen-bond donors (Lipinski definition) is 0. The number of rotatable bonds is 4. The van der Waals surface area contributed by atoms with E-state index < -0.39 is 0 Å². The number of likely N-dealkylation sites (N-methyl/N-ethyl adjacent to an activating group) is 1. The standard InChI is InChI=1S/C17H25N3O2/c1-14(21)20-12-11-19(16(13-20)17(22)18(2)3)10-9-15-7-5-4-6-8-15/h4-8,16H,9-13H2,1-3H3. The molecule has 1 aliphatic rings. The fraction of sp³-hybridized carbons (Fsp3) is 0.529. The number of amides is 2. The number of nitrogens with zero attached hydrogens (tertiary/aromatic N) is 3. The molecule has 120 valence electrons. The summed E-state index contributed by atoms with van der Waals surface area (Å²) >= 11 is 0. The fourth-order valence-corrected chi connectivity index (χ4v) is 2.82. The SMILES string of the molecule is CC(=O)N1CCN(CCc2ccccc2)C(C(=O)N(C)C)C1. The second-order valence-electron chi connectivity index (χ2n) is 5.99. The van der Waals surface area contributed by atoms with E-state index in [9.17, 15) is 9.59 Å². The van der Waals surface area contributed by atoms with Gasteiger partial charge in [0.25, 0.3) is 0 Å². The molecule has 2 amide bonds. The Morgan fingerprint density at radius 1 is 1.18 bits per heavy atom. The zero-order valence-electron chi connectivity index (χ0n) is 13.7. The highest BCUT2D eigenvalue weighted by Gasteiger charge is 2.33. The van der Waals surface area contributed by atoms with Crippen LogP contribution >= 0.6 is 0 Å². The van der Waals surface area contributed by atoms with Crippen LogP contribution in [-0.2, 0) is 16.0 Å². The summed E-state index contributed by atoms with van der Waals surface area (Å²) in [7, 11) is 3.54. The Balaban J connectivity index is 2.03. The molecule has 1 saturated heterocycles. The summed E-state index contributed by atoms with van der Waals surface area (Å²) in [5.74, 6) is 0.110. The van der Waals surface area contributed by atoms with E-state index in [0.717, 1.165) is 19.5 Å². The minimum Gasteiger partial charge on any atom is -0.347 e. The van der Waals surface area contributed by atoms with Crippen molar-refractivity contribution in [2.75, 3.05) is 40.3 Å². The topological polar surface area (TPSA) is 43.9 Å². The van der Waals surface area contributed by atoms with Crippen LogP contribution in [0.25, 0.3) is 0 Å². The van der Waals surface area contributed by atoms with Crippen LogP contribution < -0.4 is 0 Å². The Bertz CT molecular complexity index is 516. The molecule has 0 bridgehead atoms. The van der Waals surface area contributed by atoms with Crippen molar-refractivity contribution < 1.29 is 9.59 Å². The molecule has 0 aliphatic carbocycles. The van der Waals surface area contributed by atoms with E-state index >= 15 is 0 Å². The molecule has 0 N–H and O–H groups in total. The van der Waals surface area contributed by atoms with Crippen LogP contribution in [0.3, 0.4) is 0 Å². The minimum absolute atomic E-state index is 0.0410. The van der Waals surface area contributed by atoms with E-state index in [0.29, 0.717) is 13.1 Å². The summed E-state index contributed by atoms with van der Waals surface area (Å²) in [6, 6.07) is 10.0. The van der Waals surface area contributed by atoms with Crippen molar-refractivity contribution in [3.8, 4) is 0 Å². The van der Waals surface area contributed by atoms with Crippen molar-refractivity contribution in [3.63, 3.8) is 0 Å². The van der Waals surface area contributed by atoms with Crippen molar-refractivity contribution in [2.24, 2.45) is 0 Å². The third kappa shape index (κ3) is 4.07. The van der Waals surface area contributed by atoms with Gasteiger partial charge < -0.3 is 9.80 Å². The summed E-state index contributed by atoms with van der Waals surface area (Å²) in [5, 5.41) is 0. The first-order valence-corrected chi connectivity index (χ1v) is 7.73. The molecule has 22 heavy (non-hydrogen) atoms. The average Bonchev–Trinajstić information content (AvgIpc) is 2.52. The lowest BCUT2D eigenvalue weighted by molar-refractivity contribution is -0.141. The molecule has 1 fully saturated rings. The van der Waals surface area contributed by atoms with Gasteiger partial charge in [-0.1, -0.05) is 30.3 Å². The van der Waals surface area contributed by atoms with Crippen LogP contribution in [0.5, 0.6) is 0 Å². The molecule has 0 radical (unpaired) electrons. The maximum absolute atomic E-state index is 12.4. The molecular formula is C17H25N3O2. The van der Waals surface area contributed by atoms with Gasteiger partial charge in [0.2, 0.25) is 11.8 Å². The Labute approximate surface area is 132 Å². The number of hydrogen-bond acceptors (Lipinski definition) is 3. The Hall–Kier alpha value is -1.88. The van der Waals surface area contributed by atoms with Crippen molar-refractivity contribution in [1.29, 1.82) is 0 Å². The van der Waals surface area contributed by atoms with Crippen LogP contribution in [0.4, 0.5) is 0 Å². The van der Waals surface area contributed by atoms with Gasteiger partial charge in [-0.15, -0.1) is 0 Å². The van der Waals surface area contributed by atoms with Crippen LogP contribution in [0.15, 0.2) is 30.3 Å². The Morgan fingerprint density at radius 3 is 2.45 bits per heavy atom. The van der Waals surface area contributed by atoms with Gasteiger partial charge in [-0.2, -0.15) is 0 Å². The van der Waals surface area contributed by atoms with E-state index in [-0.39, 0.29) is 17.9 Å². The quantitative estimate of drug-likeness (QED) is 0.828. The largest absolute Gasteiger partial charge is 0.347 e. The van der Waals surface area contributed by atoms with Gasteiger partial charge in [0.15, 0.2) is 0 Å². The first-order valence-electron chi connectivity index (χ1n) is 7.73. The normalized spacial score (nSPS) is 19.0. The molecule has 2 rings (SSSR count). The molecule has 1 atom stereocenters. The van der Waals surface area contributed by atoms with Gasteiger partial charge in [0.05, 0.1) is 0 Å². The number of piperazine rings is 1. The third-order valence-electron chi connectivity index (χ3n) is 4.19. The first kappa shape index (κ1) is 16.5. The molecule has 1 aromatic rings. The second kappa shape index (κ2) is 7.40. The molecule has 0 spiro atoms. The second-order valence-corrected chi connectivity index (χ2v) is 5.99. The van der Waals surface area contributed by atoms with Gasteiger partial charge in [-0.3, -0.25) is 14.5 Å². The monoisotopic (exact) mass is 303 g/mol. The van der Waals surface area contributed by atoms with Crippen molar-refractivity contribution >= 4 is 11.8 Å². The molecule has 1 unspecified atom stereocenters. The average molecular weight is 303 g/mol. The lowest BCUT2D eigenvalue weighted by Crippen LogP contribution is -2.59. The highest BCUT2D eigenvalue weighted by Crippen LogP contribution is 2.13. The van der Waals surface area contributed by atoms with Crippen molar-refractivity contribution in [1.82, 2.24) is 14.7 Å². The van der Waals surface area contributed by atoms with E-state index in [1.54, 1.807) is 30.8 Å². The Morgan fingerprint density at radius 2 is 1.86 bits per heavy atom. The molecule has 1 heterocycles. The van der Waals surface area contributed by atoms with Crippen molar-refractivity contribution in [2.45, 2.75) is 19.4 Å². The lowest BCUT2D eigenvalue weighted by Gasteiger charge is -2.41. The third-order valence-corrected chi connectivity index (χ3v) is 4.19. The molecule has 1 aliphatic heterocycles. The molecule has 1 aromatic carbocycles. The summed E-state index contributed by atoms with van der Waals surface area (Å²) in [4.78, 5) is 29.6. The molecule has 0 aromatic heterocycles. The first-order chi connectivity index (χ1) is 10.5. The summed E-state index contributed by atoms with van der Waals surface area (Å²) in [5.41, 5.74) is 1.27. The Kier molecular flexibility index (Phi) is 5.55. The maximum atomic E-state index is 12.4. The molecule has 5 nitrogen and oxygen atoms in total. The highest BCUT2D eigenvalue weighted by molar-refractivity contribution is 5.83. The van der Waals surface area contributed by atoms with E-state index in [2.05, 4.69) is 17.0 Å². The van der Waals surface area contributed by atoms with Crippen LogP contribution in [0, 0.1) is 0 Å². The van der Waals surface area contributed by atoms with E-state index in [1.807, 2.05) is 18.2 Å². The molecular weight excluding hydrogens is 278 g/mol. The zero-order valence-corrected chi connectivity index (χ0v) is 13.7. The molecule has 0 saturated carbocycles. The van der Waals surface area contributed by atoms with Gasteiger partial charge in [-0.05, 0) is 12.0 Å². The van der Waals surface area contributed by atoms with Gasteiger partial charge in [0.1, 0.15) is 6.04 Å². The summed E-state index contributed by atoms with van der Waals surface area (Å²) in [6.07, 6.45) is 0.915. The maximum Gasteiger partial charge on any atom is 0.241 e. The van der Waals surface area contributed by atoms with Gasteiger partial charge in [-0.25, -0.2) is 0 Å². The van der Waals surface area contributed by atoms with Crippen LogP contribution in [0.2, 0.25) is 0 Å². The fourth-order valence-electron chi connectivity index (χ4n) is 2.82. The number of benzene rings is 1. The van der Waals surface area contributed by atoms with E-state index in [1.165, 1.54) is 5.56 Å². The summed E-state index contributed by atoms with van der Waals surface area (Å²) < 4.78 is 0. The smallest absolute Gasteiger partial charge is 0.241 e. The predicted molar refractivity (Wildman–Crippen MR) is 86.5 cm³/mol. The highest BCUT2D eigenvalue weighted by atomic mass is 16.2. The summed E-state index contributed by atoms with van der Waals surface area (Å²) in [6.45, 7) is 4.33. The van der Waals surface area contributed by atoms with Gasteiger partial charge in [0, 0.05) is 47.2 Å². The number of carbonyl (C=O) groups is 2. The van der Waals surface area contributed by atoms with Crippen molar-refractivity contribution in [3.05, 3.63) is 35.9 Å².